The third-order valence-corrected chi connectivity index (χ3v) is 5.55. The number of hydrogen-bond acceptors (Lipinski definition) is 5. The van der Waals surface area contributed by atoms with Crippen LogP contribution in [-0.2, 0) is 4.74 Å². The minimum atomic E-state index is -0.133. The van der Waals surface area contributed by atoms with E-state index in [4.69, 9.17) is 4.74 Å². The molecule has 1 N–H and O–H groups in total. The lowest BCUT2D eigenvalue weighted by atomic mass is 10.1. The van der Waals surface area contributed by atoms with Crippen LogP contribution in [0.5, 0.6) is 0 Å². The fraction of sp³-hybridized carbons (Fsp3) is 0.261. The minimum absolute atomic E-state index is 0.133. The van der Waals surface area contributed by atoms with Gasteiger partial charge in [0.25, 0.3) is 5.91 Å². The maximum atomic E-state index is 12.9. The highest BCUT2D eigenvalue weighted by Gasteiger charge is 2.17. The van der Waals surface area contributed by atoms with E-state index in [1.807, 2.05) is 28.7 Å². The normalized spacial score (nSPS) is 14.7. The number of nitrogens with one attached hydrogen (secondary N) is 1. The summed E-state index contributed by atoms with van der Waals surface area (Å²) in [4.78, 5) is 19.2. The summed E-state index contributed by atoms with van der Waals surface area (Å²) in [5.41, 5.74) is 3.69. The summed E-state index contributed by atoms with van der Waals surface area (Å²) in [5, 5.41) is 7.45. The Kier molecular flexibility index (Phi) is 5.47. The van der Waals surface area contributed by atoms with Gasteiger partial charge < -0.3 is 14.5 Å². The van der Waals surface area contributed by atoms with Crippen LogP contribution in [0.25, 0.3) is 22.5 Å². The highest BCUT2D eigenvalue weighted by atomic mass is 16.5. The molecule has 1 aliphatic heterocycles. The SMILES string of the molecule is O=C(NCCN1CCOCC1)c1ccnn1-c1ccc2ccc(-c3ccncc3)cn12. The van der Waals surface area contributed by atoms with Crippen LogP contribution in [-0.4, -0.2) is 69.4 Å². The lowest BCUT2D eigenvalue weighted by Gasteiger charge is -2.26. The van der Waals surface area contributed by atoms with E-state index in [0.717, 1.165) is 55.3 Å². The number of pyridine rings is 2. The van der Waals surface area contributed by atoms with Crippen LogP contribution >= 0.6 is 0 Å². The van der Waals surface area contributed by atoms with E-state index >= 15 is 0 Å². The van der Waals surface area contributed by atoms with Gasteiger partial charge in [-0.2, -0.15) is 5.10 Å². The summed E-state index contributed by atoms with van der Waals surface area (Å²) < 4.78 is 9.11. The summed E-state index contributed by atoms with van der Waals surface area (Å²) in [6.07, 6.45) is 7.27. The summed E-state index contributed by atoms with van der Waals surface area (Å²) in [6, 6.07) is 13.8. The predicted molar refractivity (Wildman–Crippen MR) is 117 cm³/mol. The van der Waals surface area contributed by atoms with Crippen LogP contribution in [0.1, 0.15) is 10.5 Å². The number of fused-ring (bicyclic) bond motifs is 1. The summed E-state index contributed by atoms with van der Waals surface area (Å²) >= 11 is 0. The van der Waals surface area contributed by atoms with Crippen molar-refractivity contribution < 1.29 is 9.53 Å². The van der Waals surface area contributed by atoms with E-state index in [2.05, 4.69) is 38.6 Å². The topological polar surface area (TPSA) is 76.7 Å². The van der Waals surface area contributed by atoms with Crippen molar-refractivity contribution in [2.75, 3.05) is 39.4 Å². The van der Waals surface area contributed by atoms with Gasteiger partial charge in [0.05, 0.1) is 19.4 Å². The van der Waals surface area contributed by atoms with Gasteiger partial charge in [0, 0.05) is 50.3 Å². The Morgan fingerprint density at radius 1 is 0.968 bits per heavy atom. The van der Waals surface area contributed by atoms with Crippen LogP contribution in [0, 0.1) is 0 Å². The third kappa shape index (κ3) is 4.08. The summed E-state index contributed by atoms with van der Waals surface area (Å²) in [5.74, 6) is 0.681. The Morgan fingerprint density at radius 2 is 1.77 bits per heavy atom. The Labute approximate surface area is 180 Å². The van der Waals surface area contributed by atoms with Crippen molar-refractivity contribution in [3.63, 3.8) is 0 Å². The van der Waals surface area contributed by atoms with E-state index in [0.29, 0.717) is 12.2 Å². The van der Waals surface area contributed by atoms with Gasteiger partial charge in [-0.3, -0.25) is 14.7 Å². The van der Waals surface area contributed by atoms with Crippen LogP contribution < -0.4 is 5.32 Å². The first kappa shape index (κ1) is 19.5. The molecule has 1 saturated heterocycles. The highest BCUT2D eigenvalue weighted by molar-refractivity contribution is 5.93. The molecule has 4 aromatic rings. The number of carbonyl (C=O) groups is 1. The van der Waals surface area contributed by atoms with Crippen molar-refractivity contribution >= 4 is 11.4 Å². The Hall–Kier alpha value is -3.49. The van der Waals surface area contributed by atoms with E-state index in [-0.39, 0.29) is 5.91 Å². The molecule has 0 aromatic carbocycles. The van der Waals surface area contributed by atoms with Gasteiger partial charge in [-0.1, -0.05) is 6.07 Å². The Bertz CT molecular complexity index is 1180. The van der Waals surface area contributed by atoms with E-state index in [9.17, 15) is 4.79 Å². The van der Waals surface area contributed by atoms with E-state index < -0.39 is 0 Å². The molecule has 5 rings (SSSR count). The molecule has 0 bridgehead atoms. The van der Waals surface area contributed by atoms with Gasteiger partial charge in [-0.15, -0.1) is 0 Å². The Balaban J connectivity index is 1.37. The number of hydrogen-bond donors (Lipinski definition) is 1. The minimum Gasteiger partial charge on any atom is -0.379 e. The fourth-order valence-electron chi connectivity index (χ4n) is 3.88. The second-order valence-electron chi connectivity index (χ2n) is 7.48. The molecule has 8 nitrogen and oxygen atoms in total. The number of amides is 1. The quantitative estimate of drug-likeness (QED) is 0.522. The van der Waals surface area contributed by atoms with Crippen molar-refractivity contribution in [1.82, 2.24) is 29.4 Å². The molecule has 1 fully saturated rings. The van der Waals surface area contributed by atoms with E-state index in [1.165, 1.54) is 0 Å². The average molecular weight is 416 g/mol. The summed E-state index contributed by atoms with van der Waals surface area (Å²) in [6.45, 7) is 4.72. The second-order valence-corrected chi connectivity index (χ2v) is 7.48. The molecule has 0 radical (unpaired) electrons. The first-order valence-electron chi connectivity index (χ1n) is 10.4. The zero-order valence-corrected chi connectivity index (χ0v) is 17.1. The molecule has 4 aromatic heterocycles. The van der Waals surface area contributed by atoms with Crippen LogP contribution in [0.15, 0.2) is 67.3 Å². The molecule has 0 atom stereocenters. The standard InChI is InChI=1S/C23H24N6O2/c30-23(25-11-12-27-13-15-31-16-14-27)21-7-10-26-29(21)22-4-3-20-2-1-19(17-28(20)22)18-5-8-24-9-6-18/h1-10,17H,11-16H2,(H,25,30). The van der Waals surface area contributed by atoms with Gasteiger partial charge in [-0.05, 0) is 47.5 Å². The largest absolute Gasteiger partial charge is 0.379 e. The van der Waals surface area contributed by atoms with Gasteiger partial charge in [-0.25, -0.2) is 4.68 Å². The molecular weight excluding hydrogens is 392 g/mol. The van der Waals surface area contributed by atoms with Crippen LogP contribution in [0.4, 0.5) is 0 Å². The van der Waals surface area contributed by atoms with Crippen LogP contribution in [0.2, 0.25) is 0 Å². The number of rotatable bonds is 6. The van der Waals surface area contributed by atoms with Gasteiger partial charge in [0.2, 0.25) is 0 Å². The average Bonchev–Trinajstić information content (AvgIpc) is 3.47. The van der Waals surface area contributed by atoms with Crippen molar-refractivity contribution in [2.45, 2.75) is 0 Å². The molecule has 0 spiro atoms. The molecule has 0 unspecified atom stereocenters. The Morgan fingerprint density at radius 3 is 2.61 bits per heavy atom. The molecule has 1 amide bonds. The third-order valence-electron chi connectivity index (χ3n) is 5.55. The molecule has 31 heavy (non-hydrogen) atoms. The lowest BCUT2D eigenvalue weighted by molar-refractivity contribution is 0.0383. The van der Waals surface area contributed by atoms with E-state index in [1.54, 1.807) is 29.3 Å². The second kappa shape index (κ2) is 8.71. The van der Waals surface area contributed by atoms with Crippen molar-refractivity contribution in [3.05, 3.63) is 72.9 Å². The van der Waals surface area contributed by atoms with Gasteiger partial charge >= 0.3 is 0 Å². The highest BCUT2D eigenvalue weighted by Crippen LogP contribution is 2.23. The van der Waals surface area contributed by atoms with Crippen LogP contribution in [0.3, 0.4) is 0 Å². The van der Waals surface area contributed by atoms with Crippen molar-refractivity contribution in [3.8, 4) is 16.9 Å². The number of nitrogens with zero attached hydrogens (tertiary/aromatic N) is 5. The first-order chi connectivity index (χ1) is 15.3. The number of carbonyl (C=O) groups excluding carboxylic acids is 1. The number of aromatic nitrogens is 4. The monoisotopic (exact) mass is 416 g/mol. The molecule has 0 saturated carbocycles. The molecule has 0 aliphatic carbocycles. The van der Waals surface area contributed by atoms with Crippen molar-refractivity contribution in [2.24, 2.45) is 0 Å². The van der Waals surface area contributed by atoms with Gasteiger partial charge in [0.15, 0.2) is 0 Å². The van der Waals surface area contributed by atoms with Gasteiger partial charge in [0.1, 0.15) is 11.5 Å². The molecule has 8 heteroatoms. The maximum Gasteiger partial charge on any atom is 0.270 e. The smallest absolute Gasteiger partial charge is 0.270 e. The predicted octanol–water partition coefficient (Wildman–Crippen LogP) is 2.25. The molecule has 158 valence electrons. The lowest BCUT2D eigenvalue weighted by Crippen LogP contribution is -2.41. The fourth-order valence-corrected chi connectivity index (χ4v) is 3.88. The molecular formula is C23H24N6O2. The first-order valence-corrected chi connectivity index (χ1v) is 10.4. The zero-order chi connectivity index (χ0) is 21.0. The summed E-state index contributed by atoms with van der Waals surface area (Å²) in [7, 11) is 0. The maximum absolute atomic E-state index is 12.9. The molecule has 5 heterocycles. The number of morpholine rings is 1. The molecule has 1 aliphatic rings. The zero-order valence-electron chi connectivity index (χ0n) is 17.1. The number of ether oxygens (including phenoxy) is 1. The van der Waals surface area contributed by atoms with Crippen molar-refractivity contribution in [1.29, 1.82) is 0 Å².